The van der Waals surface area contributed by atoms with Gasteiger partial charge in [0, 0.05) is 0 Å². The Balaban J connectivity index is 2.44. The highest BCUT2D eigenvalue weighted by Crippen LogP contribution is 2.20. The van der Waals surface area contributed by atoms with Crippen molar-refractivity contribution in [3.8, 4) is 5.75 Å². The lowest BCUT2D eigenvalue weighted by molar-refractivity contribution is 0.411. The molecule has 0 radical (unpaired) electrons. The fraction of sp³-hybridized carbons (Fsp3) is 0.600. The van der Waals surface area contributed by atoms with Crippen molar-refractivity contribution in [1.82, 2.24) is 5.32 Å². The minimum Gasteiger partial charge on any atom is -0.496 e. The number of nitrogens with one attached hydrogen (secondary N) is 1. The van der Waals surface area contributed by atoms with Gasteiger partial charge >= 0.3 is 0 Å². The molecule has 1 rings (SSSR count). The average molecular weight is 235 g/mol. The molecule has 0 fully saturated rings. The van der Waals surface area contributed by atoms with Crippen LogP contribution in [-0.2, 0) is 6.42 Å². The summed E-state index contributed by atoms with van der Waals surface area (Å²) in [5.41, 5.74) is 2.65. The normalized spacial score (nSPS) is 12.5. The third-order valence-electron chi connectivity index (χ3n) is 3.27. The average Bonchev–Trinajstić information content (AvgIpc) is 2.34. The maximum absolute atomic E-state index is 5.27. The summed E-state index contributed by atoms with van der Waals surface area (Å²) in [5.74, 6) is 1.77. The maximum Gasteiger partial charge on any atom is 0.121 e. The molecular formula is C15H25NO. The van der Waals surface area contributed by atoms with Crippen LogP contribution in [0, 0.1) is 12.8 Å². The van der Waals surface area contributed by atoms with Gasteiger partial charge in [0.1, 0.15) is 5.75 Å². The first-order chi connectivity index (χ1) is 8.17. The molecule has 0 bridgehead atoms. The quantitative estimate of drug-likeness (QED) is 0.783. The van der Waals surface area contributed by atoms with E-state index in [0.717, 1.165) is 24.6 Å². The third-order valence-corrected chi connectivity index (χ3v) is 3.27. The van der Waals surface area contributed by atoms with Gasteiger partial charge in [0.25, 0.3) is 0 Å². The zero-order chi connectivity index (χ0) is 12.7. The number of rotatable bonds is 7. The molecule has 2 heteroatoms. The molecule has 0 heterocycles. The van der Waals surface area contributed by atoms with Crippen molar-refractivity contribution in [2.45, 2.75) is 33.1 Å². The number of hydrogen-bond acceptors (Lipinski definition) is 2. The van der Waals surface area contributed by atoms with Crippen LogP contribution < -0.4 is 10.1 Å². The Morgan fingerprint density at radius 3 is 2.65 bits per heavy atom. The Kier molecular flexibility index (Phi) is 6.06. The van der Waals surface area contributed by atoms with Gasteiger partial charge in [0.15, 0.2) is 0 Å². The second kappa shape index (κ2) is 7.33. The van der Waals surface area contributed by atoms with Crippen LogP contribution >= 0.6 is 0 Å². The highest BCUT2D eigenvalue weighted by molar-refractivity contribution is 5.36. The van der Waals surface area contributed by atoms with Gasteiger partial charge < -0.3 is 10.1 Å². The van der Waals surface area contributed by atoms with E-state index < -0.39 is 0 Å². The van der Waals surface area contributed by atoms with Gasteiger partial charge in [-0.1, -0.05) is 19.1 Å². The van der Waals surface area contributed by atoms with E-state index >= 15 is 0 Å². The second-order valence-electron chi connectivity index (χ2n) is 4.84. The van der Waals surface area contributed by atoms with Crippen LogP contribution in [0.5, 0.6) is 5.75 Å². The molecule has 0 aliphatic rings. The fourth-order valence-corrected chi connectivity index (χ4v) is 2.04. The fourth-order valence-electron chi connectivity index (χ4n) is 2.04. The predicted octanol–water partition coefficient (Wildman–Crippen LogP) is 3.18. The summed E-state index contributed by atoms with van der Waals surface area (Å²) in [6.45, 7) is 5.54. The molecule has 96 valence electrons. The zero-order valence-corrected chi connectivity index (χ0v) is 11.5. The van der Waals surface area contributed by atoms with Crippen LogP contribution in [0.3, 0.4) is 0 Å². The predicted molar refractivity (Wildman–Crippen MR) is 73.8 cm³/mol. The molecule has 0 spiro atoms. The first kappa shape index (κ1) is 14.0. The Labute approximate surface area is 105 Å². The second-order valence-corrected chi connectivity index (χ2v) is 4.84. The molecule has 2 nitrogen and oxygen atoms in total. The highest BCUT2D eigenvalue weighted by Gasteiger charge is 2.04. The van der Waals surface area contributed by atoms with Crippen molar-refractivity contribution >= 4 is 0 Å². The van der Waals surface area contributed by atoms with Gasteiger partial charge in [-0.15, -0.1) is 0 Å². The van der Waals surface area contributed by atoms with Crippen LogP contribution in [0.15, 0.2) is 18.2 Å². The molecule has 1 unspecified atom stereocenters. The smallest absolute Gasteiger partial charge is 0.121 e. The lowest BCUT2D eigenvalue weighted by Crippen LogP contribution is -2.11. The standard InChI is InChI=1S/C15H25NO/c1-12(9-10-16-3)5-6-14-7-8-15(17-4)13(2)11-14/h7-8,11-12,16H,5-6,9-10H2,1-4H3. The van der Waals surface area contributed by atoms with Crippen LogP contribution in [0.1, 0.15) is 30.9 Å². The van der Waals surface area contributed by atoms with Gasteiger partial charge in [-0.05, 0) is 62.9 Å². The molecule has 0 aliphatic heterocycles. The number of aryl methyl sites for hydroxylation is 2. The van der Waals surface area contributed by atoms with E-state index in [-0.39, 0.29) is 0 Å². The lowest BCUT2D eigenvalue weighted by Gasteiger charge is -2.12. The van der Waals surface area contributed by atoms with E-state index in [1.165, 1.54) is 24.0 Å². The van der Waals surface area contributed by atoms with Gasteiger partial charge in [-0.25, -0.2) is 0 Å². The van der Waals surface area contributed by atoms with E-state index in [9.17, 15) is 0 Å². The molecule has 1 atom stereocenters. The van der Waals surface area contributed by atoms with Crippen molar-refractivity contribution in [2.24, 2.45) is 5.92 Å². The highest BCUT2D eigenvalue weighted by atomic mass is 16.5. The Morgan fingerprint density at radius 2 is 2.06 bits per heavy atom. The van der Waals surface area contributed by atoms with Gasteiger partial charge in [0.05, 0.1) is 7.11 Å². The maximum atomic E-state index is 5.27. The summed E-state index contributed by atoms with van der Waals surface area (Å²) in [5, 5.41) is 3.20. The van der Waals surface area contributed by atoms with E-state index in [1.54, 1.807) is 7.11 Å². The molecular weight excluding hydrogens is 210 g/mol. The Hall–Kier alpha value is -1.02. The third kappa shape index (κ3) is 4.78. The summed E-state index contributed by atoms with van der Waals surface area (Å²) in [4.78, 5) is 0. The molecule has 1 aromatic carbocycles. The number of hydrogen-bond donors (Lipinski definition) is 1. The molecule has 0 aliphatic carbocycles. The van der Waals surface area contributed by atoms with Gasteiger partial charge in [0.2, 0.25) is 0 Å². The molecule has 0 amide bonds. The molecule has 0 aromatic heterocycles. The van der Waals surface area contributed by atoms with Gasteiger partial charge in [-0.2, -0.15) is 0 Å². The molecule has 1 aromatic rings. The van der Waals surface area contributed by atoms with Crippen molar-refractivity contribution in [1.29, 1.82) is 0 Å². The molecule has 0 saturated carbocycles. The van der Waals surface area contributed by atoms with Crippen molar-refractivity contribution in [3.63, 3.8) is 0 Å². The Bertz CT molecular complexity index is 336. The van der Waals surface area contributed by atoms with Crippen LogP contribution in [0.25, 0.3) is 0 Å². The van der Waals surface area contributed by atoms with Crippen LogP contribution in [0.2, 0.25) is 0 Å². The van der Waals surface area contributed by atoms with Crippen LogP contribution in [-0.4, -0.2) is 20.7 Å². The minimum absolute atomic E-state index is 0.782. The van der Waals surface area contributed by atoms with Crippen molar-refractivity contribution in [3.05, 3.63) is 29.3 Å². The van der Waals surface area contributed by atoms with E-state index in [2.05, 4.69) is 37.4 Å². The monoisotopic (exact) mass is 235 g/mol. The van der Waals surface area contributed by atoms with E-state index in [4.69, 9.17) is 4.74 Å². The SMILES string of the molecule is CNCCC(C)CCc1ccc(OC)c(C)c1. The van der Waals surface area contributed by atoms with E-state index in [1.807, 2.05) is 7.05 Å². The molecule has 17 heavy (non-hydrogen) atoms. The molecule has 0 saturated heterocycles. The minimum atomic E-state index is 0.782. The van der Waals surface area contributed by atoms with Crippen molar-refractivity contribution < 1.29 is 4.74 Å². The van der Waals surface area contributed by atoms with E-state index in [0.29, 0.717) is 0 Å². The first-order valence-electron chi connectivity index (χ1n) is 6.45. The van der Waals surface area contributed by atoms with Gasteiger partial charge in [-0.3, -0.25) is 0 Å². The summed E-state index contributed by atoms with van der Waals surface area (Å²) in [6.07, 6.45) is 3.68. The first-order valence-corrected chi connectivity index (χ1v) is 6.45. The number of ether oxygens (including phenoxy) is 1. The number of methoxy groups -OCH3 is 1. The number of benzene rings is 1. The van der Waals surface area contributed by atoms with Crippen LogP contribution in [0.4, 0.5) is 0 Å². The zero-order valence-electron chi connectivity index (χ0n) is 11.5. The summed E-state index contributed by atoms with van der Waals surface area (Å²) >= 11 is 0. The summed E-state index contributed by atoms with van der Waals surface area (Å²) < 4.78 is 5.27. The lowest BCUT2D eigenvalue weighted by atomic mass is 9.97. The van der Waals surface area contributed by atoms with Crippen molar-refractivity contribution in [2.75, 3.05) is 20.7 Å². The summed E-state index contributed by atoms with van der Waals surface area (Å²) in [7, 11) is 3.74. The Morgan fingerprint density at radius 1 is 1.29 bits per heavy atom. The molecule has 1 N–H and O–H groups in total. The summed E-state index contributed by atoms with van der Waals surface area (Å²) in [6, 6.07) is 6.49. The topological polar surface area (TPSA) is 21.3 Å². The largest absolute Gasteiger partial charge is 0.496 e.